The molecule has 5 rings (SSSR count). The molecule has 0 radical (unpaired) electrons. The van der Waals surface area contributed by atoms with E-state index in [0.717, 1.165) is 47.2 Å². The molecule has 0 aliphatic carbocycles. The number of oxazole rings is 1. The van der Waals surface area contributed by atoms with Gasteiger partial charge < -0.3 is 14.4 Å². The van der Waals surface area contributed by atoms with Crippen LogP contribution in [0.25, 0.3) is 33.6 Å². The number of rotatable bonds is 9. The van der Waals surface area contributed by atoms with Gasteiger partial charge in [0.15, 0.2) is 5.58 Å². The van der Waals surface area contributed by atoms with Gasteiger partial charge in [0.25, 0.3) is 6.01 Å². The maximum atomic E-state index is 9.70. The Bertz CT molecular complexity index is 1400. The number of fused-ring (bicyclic) bond motifs is 1. The van der Waals surface area contributed by atoms with Gasteiger partial charge in [-0.1, -0.05) is 74.0 Å². The highest BCUT2D eigenvalue weighted by molar-refractivity contribution is 5.80. The van der Waals surface area contributed by atoms with Crippen LogP contribution in [0.15, 0.2) is 71.1 Å². The molecule has 0 aliphatic heterocycles. The van der Waals surface area contributed by atoms with Gasteiger partial charge in [-0.25, -0.2) is 0 Å². The van der Waals surface area contributed by atoms with Crippen molar-refractivity contribution in [1.29, 1.82) is 0 Å². The van der Waals surface area contributed by atoms with Gasteiger partial charge in [0.1, 0.15) is 5.52 Å². The minimum Gasteiger partial charge on any atom is -0.423 e. The van der Waals surface area contributed by atoms with Crippen LogP contribution in [0.4, 0.5) is 6.01 Å². The molecule has 2 aromatic heterocycles. The zero-order valence-electron chi connectivity index (χ0n) is 19.8. The highest BCUT2D eigenvalue weighted by Gasteiger charge is 2.22. The third-order valence-corrected chi connectivity index (χ3v) is 6.34. The Labute approximate surface area is 203 Å². The minimum absolute atomic E-state index is 0.0497. The second-order valence-corrected chi connectivity index (χ2v) is 8.54. The number of nitrogens with one attached hydrogen (secondary N) is 1. The molecule has 0 saturated carbocycles. The number of benzene rings is 3. The molecule has 0 fully saturated rings. The van der Waals surface area contributed by atoms with Gasteiger partial charge >= 0.3 is 0 Å². The van der Waals surface area contributed by atoms with Crippen molar-refractivity contribution in [3.05, 3.63) is 77.9 Å². The standard InChI is InChI=1S/C27H28N6O2/c1-3-4-16-33(27-28-25-21(17-34)8-7-11-24(25)35-27)18(2)19-12-14-20(15-13-19)22-9-5-6-10-23(22)26-29-31-32-30-26/h5-15,18,34H,3-4,16-17H2,1-2H3,(H,29,30,31,32)/t18-/m1/s1. The molecule has 5 aromatic rings. The third-order valence-electron chi connectivity index (χ3n) is 6.34. The van der Waals surface area contributed by atoms with Crippen LogP contribution in [0.1, 0.15) is 43.9 Å². The Hall–Kier alpha value is -4.04. The monoisotopic (exact) mass is 468 g/mol. The summed E-state index contributed by atoms with van der Waals surface area (Å²) in [5.74, 6) is 0.571. The van der Waals surface area contributed by atoms with Crippen LogP contribution >= 0.6 is 0 Å². The summed E-state index contributed by atoms with van der Waals surface area (Å²) in [7, 11) is 0. The van der Waals surface area contributed by atoms with E-state index in [1.807, 2.05) is 36.4 Å². The van der Waals surface area contributed by atoms with E-state index in [-0.39, 0.29) is 12.6 Å². The zero-order valence-corrected chi connectivity index (χ0v) is 19.8. The highest BCUT2D eigenvalue weighted by atomic mass is 16.4. The van der Waals surface area contributed by atoms with Crippen LogP contribution in [0.2, 0.25) is 0 Å². The summed E-state index contributed by atoms with van der Waals surface area (Å²) in [5.41, 5.74) is 6.39. The summed E-state index contributed by atoms with van der Waals surface area (Å²) in [4.78, 5) is 6.97. The normalized spacial score (nSPS) is 12.2. The van der Waals surface area contributed by atoms with E-state index >= 15 is 0 Å². The second kappa shape index (κ2) is 10.1. The number of unbranched alkanes of at least 4 members (excludes halogenated alkanes) is 1. The van der Waals surface area contributed by atoms with Crippen LogP contribution in [0.3, 0.4) is 0 Å². The number of anilines is 1. The lowest BCUT2D eigenvalue weighted by Crippen LogP contribution is -2.28. The molecule has 35 heavy (non-hydrogen) atoms. The number of aliphatic hydroxyl groups excluding tert-OH is 1. The number of para-hydroxylation sites is 1. The number of aliphatic hydroxyl groups is 1. The van der Waals surface area contributed by atoms with Crippen LogP contribution in [-0.2, 0) is 6.61 Å². The summed E-state index contributed by atoms with van der Waals surface area (Å²) in [6, 6.07) is 22.9. The lowest BCUT2D eigenvalue weighted by Gasteiger charge is -2.28. The van der Waals surface area contributed by atoms with Crippen molar-refractivity contribution in [3.8, 4) is 22.5 Å². The number of hydrogen-bond acceptors (Lipinski definition) is 7. The minimum atomic E-state index is -0.0688. The van der Waals surface area contributed by atoms with Crippen molar-refractivity contribution in [2.24, 2.45) is 0 Å². The van der Waals surface area contributed by atoms with Gasteiger partial charge in [0.05, 0.1) is 12.6 Å². The Morgan fingerprint density at radius 1 is 1.00 bits per heavy atom. The average molecular weight is 469 g/mol. The predicted octanol–water partition coefficient (Wildman–Crippen LogP) is 5.53. The van der Waals surface area contributed by atoms with Gasteiger partial charge in [-0.3, -0.25) is 0 Å². The van der Waals surface area contributed by atoms with Crippen molar-refractivity contribution >= 4 is 17.1 Å². The summed E-state index contributed by atoms with van der Waals surface area (Å²) in [5, 5.41) is 24.2. The SMILES string of the molecule is CCCCN(c1nc2c(CO)cccc2o1)[C@H](C)c1ccc(-c2ccccc2-c2nn[nH]n2)cc1. The Kier molecular flexibility index (Phi) is 6.54. The van der Waals surface area contributed by atoms with E-state index in [2.05, 4.69) is 69.7 Å². The summed E-state index contributed by atoms with van der Waals surface area (Å²) < 4.78 is 6.14. The van der Waals surface area contributed by atoms with E-state index in [1.54, 1.807) is 0 Å². The number of H-pyrrole nitrogens is 1. The van der Waals surface area contributed by atoms with Crippen molar-refractivity contribution in [1.82, 2.24) is 25.6 Å². The fraction of sp³-hybridized carbons (Fsp3) is 0.259. The first-order valence-electron chi connectivity index (χ1n) is 11.9. The summed E-state index contributed by atoms with van der Waals surface area (Å²) >= 11 is 0. The van der Waals surface area contributed by atoms with E-state index < -0.39 is 0 Å². The second-order valence-electron chi connectivity index (χ2n) is 8.54. The van der Waals surface area contributed by atoms with Crippen molar-refractivity contribution in [3.63, 3.8) is 0 Å². The Balaban J connectivity index is 1.46. The van der Waals surface area contributed by atoms with Gasteiger partial charge in [-0.05, 0) is 41.3 Å². The Morgan fingerprint density at radius 3 is 2.51 bits per heavy atom. The lowest BCUT2D eigenvalue weighted by molar-refractivity contribution is 0.283. The topological polar surface area (TPSA) is 104 Å². The van der Waals surface area contributed by atoms with Crippen LogP contribution in [0.5, 0.6) is 0 Å². The molecule has 2 N–H and O–H groups in total. The van der Waals surface area contributed by atoms with Crippen LogP contribution in [0, 0.1) is 0 Å². The van der Waals surface area contributed by atoms with E-state index in [9.17, 15) is 5.11 Å². The van der Waals surface area contributed by atoms with E-state index in [1.165, 1.54) is 0 Å². The number of aromatic nitrogens is 5. The molecule has 0 aliphatic rings. The van der Waals surface area contributed by atoms with Gasteiger partial charge in [0.2, 0.25) is 5.82 Å². The molecule has 178 valence electrons. The molecule has 2 heterocycles. The van der Waals surface area contributed by atoms with E-state index in [4.69, 9.17) is 9.40 Å². The fourth-order valence-corrected chi connectivity index (χ4v) is 4.35. The molecule has 3 aromatic carbocycles. The van der Waals surface area contributed by atoms with Crippen molar-refractivity contribution < 1.29 is 9.52 Å². The molecule has 0 spiro atoms. The average Bonchev–Trinajstić information content (AvgIpc) is 3.59. The fourth-order valence-electron chi connectivity index (χ4n) is 4.35. The van der Waals surface area contributed by atoms with Crippen molar-refractivity contribution in [2.75, 3.05) is 11.4 Å². The van der Waals surface area contributed by atoms with Crippen molar-refractivity contribution in [2.45, 2.75) is 39.3 Å². The van der Waals surface area contributed by atoms with Gasteiger partial charge in [-0.2, -0.15) is 10.2 Å². The molecule has 0 unspecified atom stereocenters. The molecule has 1 atom stereocenters. The third kappa shape index (κ3) is 4.52. The maximum Gasteiger partial charge on any atom is 0.298 e. The number of aromatic amines is 1. The van der Waals surface area contributed by atoms with E-state index in [0.29, 0.717) is 22.9 Å². The molecule has 8 heteroatoms. The largest absolute Gasteiger partial charge is 0.423 e. The Morgan fingerprint density at radius 2 is 1.80 bits per heavy atom. The van der Waals surface area contributed by atoms with Crippen LogP contribution in [-0.4, -0.2) is 37.3 Å². The highest BCUT2D eigenvalue weighted by Crippen LogP contribution is 2.34. The number of hydrogen-bond donors (Lipinski definition) is 2. The molecular weight excluding hydrogens is 440 g/mol. The zero-order chi connectivity index (χ0) is 24.2. The first-order valence-corrected chi connectivity index (χ1v) is 11.9. The first-order chi connectivity index (χ1) is 17.2. The number of tetrazole rings is 1. The predicted molar refractivity (Wildman–Crippen MR) is 136 cm³/mol. The molecular formula is C27H28N6O2. The quantitative estimate of drug-likeness (QED) is 0.293. The lowest BCUT2D eigenvalue weighted by atomic mass is 9.97. The molecule has 8 nitrogen and oxygen atoms in total. The summed E-state index contributed by atoms with van der Waals surface area (Å²) in [6.07, 6.45) is 2.09. The molecule has 0 amide bonds. The van der Waals surface area contributed by atoms with Crippen LogP contribution < -0.4 is 4.90 Å². The smallest absolute Gasteiger partial charge is 0.298 e. The first kappa shape index (κ1) is 22.7. The molecule has 0 saturated heterocycles. The maximum absolute atomic E-state index is 9.70. The number of nitrogens with zero attached hydrogens (tertiary/aromatic N) is 5. The summed E-state index contributed by atoms with van der Waals surface area (Å²) in [6.45, 7) is 5.09. The molecule has 0 bridgehead atoms. The van der Waals surface area contributed by atoms with Gasteiger partial charge in [-0.15, -0.1) is 10.2 Å². The van der Waals surface area contributed by atoms with Gasteiger partial charge in [0, 0.05) is 17.7 Å².